The highest BCUT2D eigenvalue weighted by molar-refractivity contribution is 7.99. The number of carbonyl (C=O) groups is 1. The maximum atomic E-state index is 13.9. The van der Waals surface area contributed by atoms with Crippen LogP contribution in [0.2, 0.25) is 5.02 Å². The van der Waals surface area contributed by atoms with E-state index >= 15 is 0 Å². The largest absolute Gasteiger partial charge is 0.310 e. The fraction of sp³-hybridized carbons (Fsp3) is 0.167. The number of nitrogens with zero attached hydrogens (tertiary/aromatic N) is 5. The second-order valence-electron chi connectivity index (χ2n) is 7.54. The average molecular weight is 495 g/mol. The predicted octanol–water partition coefficient (Wildman–Crippen LogP) is 5.28. The summed E-state index contributed by atoms with van der Waals surface area (Å²) in [5, 5.41) is 22.0. The van der Waals surface area contributed by atoms with Gasteiger partial charge in [0.2, 0.25) is 5.91 Å². The van der Waals surface area contributed by atoms with Gasteiger partial charge in [0.15, 0.2) is 11.0 Å². The maximum absolute atomic E-state index is 13.9. The third-order valence-electron chi connectivity index (χ3n) is 5.43. The summed E-state index contributed by atoms with van der Waals surface area (Å²) in [6.45, 7) is 3.62. The number of amides is 1. The number of halogens is 2. The van der Waals surface area contributed by atoms with Crippen LogP contribution in [0.3, 0.4) is 0 Å². The number of hydrogen-bond acceptors (Lipinski definition) is 5. The van der Waals surface area contributed by atoms with Crippen molar-refractivity contribution in [3.05, 3.63) is 76.2 Å². The van der Waals surface area contributed by atoms with Crippen molar-refractivity contribution in [2.75, 3.05) is 11.1 Å². The van der Waals surface area contributed by atoms with Gasteiger partial charge in [-0.15, -0.1) is 10.2 Å². The minimum atomic E-state index is -0.411. The summed E-state index contributed by atoms with van der Waals surface area (Å²) in [5.74, 6) is 0.186. The van der Waals surface area contributed by atoms with E-state index in [1.807, 2.05) is 25.1 Å². The average Bonchev–Trinajstić information content (AvgIpc) is 3.29. The van der Waals surface area contributed by atoms with E-state index < -0.39 is 5.82 Å². The Labute approximate surface area is 205 Å². The van der Waals surface area contributed by atoms with Gasteiger partial charge in [0.1, 0.15) is 17.7 Å². The highest BCUT2D eigenvalue weighted by atomic mass is 35.5. The topological polar surface area (TPSA) is 88.5 Å². The Morgan fingerprint density at radius 2 is 1.97 bits per heavy atom. The van der Waals surface area contributed by atoms with Crippen molar-refractivity contribution in [2.24, 2.45) is 7.05 Å². The lowest BCUT2D eigenvalue weighted by Gasteiger charge is -2.13. The van der Waals surface area contributed by atoms with Gasteiger partial charge < -0.3 is 9.88 Å². The van der Waals surface area contributed by atoms with E-state index in [0.717, 1.165) is 11.3 Å². The fourth-order valence-electron chi connectivity index (χ4n) is 3.61. The number of benzene rings is 2. The van der Waals surface area contributed by atoms with Gasteiger partial charge in [-0.2, -0.15) is 5.26 Å². The van der Waals surface area contributed by atoms with Crippen LogP contribution < -0.4 is 5.32 Å². The molecule has 10 heteroatoms. The van der Waals surface area contributed by atoms with Crippen molar-refractivity contribution >= 4 is 35.1 Å². The molecule has 2 aromatic carbocycles. The van der Waals surface area contributed by atoms with Crippen molar-refractivity contribution in [1.82, 2.24) is 19.3 Å². The first-order valence-electron chi connectivity index (χ1n) is 10.3. The van der Waals surface area contributed by atoms with Crippen LogP contribution in [0.25, 0.3) is 17.1 Å². The number of carbonyl (C=O) groups excluding carboxylic acids is 1. The Morgan fingerprint density at radius 3 is 2.68 bits per heavy atom. The Kier molecular flexibility index (Phi) is 6.72. The van der Waals surface area contributed by atoms with E-state index in [1.165, 1.54) is 23.9 Å². The molecule has 0 aliphatic heterocycles. The first-order valence-corrected chi connectivity index (χ1v) is 11.6. The van der Waals surface area contributed by atoms with Gasteiger partial charge in [0.05, 0.1) is 22.0 Å². The van der Waals surface area contributed by atoms with Crippen molar-refractivity contribution in [3.63, 3.8) is 0 Å². The second kappa shape index (κ2) is 9.71. The molecular weight excluding hydrogens is 475 g/mol. The molecule has 0 saturated carbocycles. The van der Waals surface area contributed by atoms with Crippen molar-refractivity contribution in [2.45, 2.75) is 19.0 Å². The molecule has 34 heavy (non-hydrogen) atoms. The number of nitriles is 1. The zero-order chi connectivity index (χ0) is 24.4. The lowest BCUT2D eigenvalue weighted by Crippen LogP contribution is -2.18. The molecule has 7 nitrogen and oxygen atoms in total. The summed E-state index contributed by atoms with van der Waals surface area (Å²) in [5.41, 5.74) is 3.05. The fourth-order valence-corrected chi connectivity index (χ4v) is 4.55. The highest BCUT2D eigenvalue weighted by Crippen LogP contribution is 2.31. The van der Waals surface area contributed by atoms with E-state index in [-0.39, 0.29) is 11.7 Å². The van der Waals surface area contributed by atoms with E-state index in [1.54, 1.807) is 41.3 Å². The molecule has 4 aromatic rings. The van der Waals surface area contributed by atoms with Crippen LogP contribution in [0.15, 0.2) is 53.7 Å². The summed E-state index contributed by atoms with van der Waals surface area (Å²) in [6.07, 6.45) is 0. The zero-order valence-electron chi connectivity index (χ0n) is 18.6. The Morgan fingerprint density at radius 1 is 1.21 bits per heavy atom. The van der Waals surface area contributed by atoms with Gasteiger partial charge in [0, 0.05) is 18.3 Å². The number of aromatic nitrogens is 4. The summed E-state index contributed by atoms with van der Waals surface area (Å²) >= 11 is 7.48. The normalized spacial score (nSPS) is 10.8. The van der Waals surface area contributed by atoms with Crippen LogP contribution in [-0.4, -0.2) is 31.0 Å². The Hall–Kier alpha value is -3.61. The SMILES string of the molecule is Cc1c(C#N)c(NC(=O)CSc2nnc(-c3ccccc3Cl)n2C)n(-c2cccc(F)c2)c1C. The van der Waals surface area contributed by atoms with E-state index in [9.17, 15) is 14.4 Å². The smallest absolute Gasteiger partial charge is 0.236 e. The first kappa shape index (κ1) is 23.5. The van der Waals surface area contributed by atoms with Crippen molar-refractivity contribution in [1.29, 1.82) is 5.26 Å². The van der Waals surface area contributed by atoms with E-state index in [2.05, 4.69) is 21.6 Å². The molecule has 0 fully saturated rings. The minimum absolute atomic E-state index is 0.0335. The van der Waals surface area contributed by atoms with Crippen LogP contribution >= 0.6 is 23.4 Å². The quantitative estimate of drug-likeness (QED) is 0.368. The van der Waals surface area contributed by atoms with E-state index in [0.29, 0.717) is 38.6 Å². The number of hydrogen-bond donors (Lipinski definition) is 1. The molecule has 0 aliphatic rings. The van der Waals surface area contributed by atoms with Gasteiger partial charge >= 0.3 is 0 Å². The molecule has 0 aliphatic carbocycles. The van der Waals surface area contributed by atoms with Crippen LogP contribution in [0.4, 0.5) is 10.2 Å². The number of nitrogens with one attached hydrogen (secondary N) is 1. The molecule has 0 radical (unpaired) electrons. The molecule has 0 bridgehead atoms. The summed E-state index contributed by atoms with van der Waals surface area (Å²) < 4.78 is 17.3. The maximum Gasteiger partial charge on any atom is 0.236 e. The summed E-state index contributed by atoms with van der Waals surface area (Å²) in [4.78, 5) is 12.9. The summed E-state index contributed by atoms with van der Waals surface area (Å²) in [7, 11) is 1.80. The van der Waals surface area contributed by atoms with Crippen LogP contribution in [-0.2, 0) is 11.8 Å². The molecule has 0 atom stereocenters. The molecule has 172 valence electrons. The lowest BCUT2D eigenvalue weighted by molar-refractivity contribution is -0.113. The molecule has 0 spiro atoms. The highest BCUT2D eigenvalue weighted by Gasteiger charge is 2.22. The number of thioether (sulfide) groups is 1. The predicted molar refractivity (Wildman–Crippen MR) is 131 cm³/mol. The van der Waals surface area contributed by atoms with Gasteiger partial charge in [-0.05, 0) is 49.7 Å². The van der Waals surface area contributed by atoms with Crippen molar-refractivity contribution in [3.8, 4) is 23.1 Å². The molecule has 4 rings (SSSR count). The first-order chi connectivity index (χ1) is 16.3. The van der Waals surface area contributed by atoms with Crippen LogP contribution in [0, 0.1) is 31.0 Å². The molecule has 2 aromatic heterocycles. The zero-order valence-corrected chi connectivity index (χ0v) is 20.2. The summed E-state index contributed by atoms with van der Waals surface area (Å²) in [6, 6.07) is 15.5. The van der Waals surface area contributed by atoms with E-state index in [4.69, 9.17) is 11.6 Å². The molecule has 2 heterocycles. The van der Waals surface area contributed by atoms with Gasteiger partial charge in [0.25, 0.3) is 0 Å². The van der Waals surface area contributed by atoms with Gasteiger partial charge in [-0.1, -0.05) is 41.6 Å². The lowest BCUT2D eigenvalue weighted by atomic mass is 10.2. The molecule has 1 amide bonds. The van der Waals surface area contributed by atoms with Crippen molar-refractivity contribution < 1.29 is 9.18 Å². The third kappa shape index (κ3) is 4.42. The molecule has 0 unspecified atom stereocenters. The molecular formula is C24H20ClFN6OS. The standard InChI is InChI=1S/C24H20ClFN6OS/c1-14-15(2)32(17-8-6-7-16(26)11-17)22(19(14)12-27)28-21(33)13-34-24-30-29-23(31(24)3)18-9-4-5-10-20(18)25/h4-11H,13H2,1-3H3,(H,28,33). The van der Waals surface area contributed by atoms with Gasteiger partial charge in [-0.25, -0.2) is 4.39 Å². The Bertz CT molecular complexity index is 1440. The molecule has 1 N–H and O–H groups in total. The Balaban J connectivity index is 1.56. The second-order valence-corrected chi connectivity index (χ2v) is 8.89. The minimum Gasteiger partial charge on any atom is -0.310 e. The number of rotatable bonds is 6. The van der Waals surface area contributed by atoms with Crippen LogP contribution in [0.5, 0.6) is 0 Å². The number of anilines is 1. The van der Waals surface area contributed by atoms with Crippen LogP contribution in [0.1, 0.15) is 16.8 Å². The van der Waals surface area contributed by atoms with Gasteiger partial charge in [-0.3, -0.25) is 9.36 Å². The third-order valence-corrected chi connectivity index (χ3v) is 6.78. The molecule has 0 saturated heterocycles. The monoisotopic (exact) mass is 494 g/mol.